The van der Waals surface area contributed by atoms with Crippen LogP contribution in [-0.2, 0) is 6.42 Å². The first-order valence-corrected chi connectivity index (χ1v) is 30.7. The van der Waals surface area contributed by atoms with Crippen molar-refractivity contribution in [2.45, 2.75) is 130 Å². The van der Waals surface area contributed by atoms with Gasteiger partial charge >= 0.3 is 0 Å². The molecular formula is C85H112. The number of hydrogen-bond acceptors (Lipinski definition) is 0. The van der Waals surface area contributed by atoms with E-state index < -0.39 is 0 Å². The number of aryl methyl sites for hydroxylation is 8. The molecule has 0 heterocycles. The molecule has 0 fully saturated rings. The summed E-state index contributed by atoms with van der Waals surface area (Å²) >= 11 is 0. The number of benzene rings is 11. The zero-order valence-corrected chi connectivity index (χ0v) is 55.6. The van der Waals surface area contributed by atoms with E-state index in [2.05, 4.69) is 192 Å². The minimum Gasteiger partial charge on any atom is -0.0683 e. The van der Waals surface area contributed by atoms with Crippen LogP contribution in [0.25, 0.3) is 0 Å². The van der Waals surface area contributed by atoms with Crippen molar-refractivity contribution in [2.75, 3.05) is 0 Å². The Morgan fingerprint density at radius 1 is 0.153 bits per heavy atom. The van der Waals surface area contributed by atoms with Gasteiger partial charge in [0.15, 0.2) is 0 Å². The molecule has 85 heavy (non-hydrogen) atoms. The highest BCUT2D eigenvalue weighted by Crippen LogP contribution is 2.00. The van der Waals surface area contributed by atoms with Crippen molar-refractivity contribution < 1.29 is 0 Å². The van der Waals surface area contributed by atoms with Crippen molar-refractivity contribution in [3.05, 3.63) is 396 Å². The van der Waals surface area contributed by atoms with Gasteiger partial charge in [-0.3, -0.25) is 0 Å². The summed E-state index contributed by atoms with van der Waals surface area (Å²) in [4.78, 5) is 0. The monoisotopic (exact) mass is 1130 g/mol. The molecule has 0 aliphatic rings. The molecule has 0 spiro atoms. The van der Waals surface area contributed by atoms with Crippen LogP contribution in [0.15, 0.2) is 352 Å². The maximum Gasteiger partial charge on any atom is -0.0307 e. The third-order valence-corrected chi connectivity index (χ3v) is 9.84. The van der Waals surface area contributed by atoms with E-state index in [0.717, 1.165) is 6.42 Å². The van der Waals surface area contributed by atoms with Crippen LogP contribution in [0.4, 0.5) is 0 Å². The van der Waals surface area contributed by atoms with Gasteiger partial charge in [-0.2, -0.15) is 0 Å². The van der Waals surface area contributed by atoms with Crippen molar-refractivity contribution in [1.29, 1.82) is 0 Å². The smallest absolute Gasteiger partial charge is 0.0307 e. The highest BCUT2D eigenvalue weighted by atomic mass is 13.9. The SMILES string of the molecule is CC.CC.CCC.CCC.CCc1ccccc1.Cc1ccc(C)cc1.Cc1ccccc1.Cc1ccccc1.Cc1ccccc1.Cc1ccccc1.Cc1ccccc1.c1ccccc1.c1ccccc1.c1ccccc1.c1ccccc1. The normalized spacial score (nSPS) is 8.14. The van der Waals surface area contributed by atoms with Crippen LogP contribution in [0, 0.1) is 48.5 Å². The third kappa shape index (κ3) is 71.5. The Bertz CT molecular complexity index is 2280. The summed E-state index contributed by atoms with van der Waals surface area (Å²) in [5.41, 5.74) is 10.7. The molecule has 0 radical (unpaired) electrons. The van der Waals surface area contributed by atoms with Crippen LogP contribution >= 0.6 is 0 Å². The molecule has 11 aromatic rings. The fourth-order valence-corrected chi connectivity index (χ4v) is 5.56. The Morgan fingerprint density at radius 2 is 0.247 bits per heavy atom. The first-order chi connectivity index (χ1) is 41.5. The Balaban J connectivity index is -0.000000418. The molecule has 0 saturated heterocycles. The molecule has 0 atom stereocenters. The van der Waals surface area contributed by atoms with E-state index in [1.54, 1.807) is 0 Å². The average Bonchev–Trinajstić information content (AvgIpc) is 3.57. The van der Waals surface area contributed by atoms with E-state index >= 15 is 0 Å². The quantitative estimate of drug-likeness (QED) is 0.154. The lowest BCUT2D eigenvalue weighted by molar-refractivity contribution is 1.09. The predicted molar refractivity (Wildman–Crippen MR) is 388 cm³/mol. The van der Waals surface area contributed by atoms with Gasteiger partial charge in [-0.25, -0.2) is 0 Å². The molecule has 0 aliphatic heterocycles. The summed E-state index contributed by atoms with van der Waals surface area (Å²) in [6.45, 7) is 33.3. The van der Waals surface area contributed by atoms with Crippen molar-refractivity contribution in [3.8, 4) is 0 Å². The third-order valence-electron chi connectivity index (χ3n) is 9.84. The maximum atomic E-state index is 2.16. The average molecular weight is 1130 g/mol. The first-order valence-electron chi connectivity index (χ1n) is 30.7. The zero-order valence-electron chi connectivity index (χ0n) is 55.6. The van der Waals surface area contributed by atoms with E-state index in [1.807, 2.05) is 270 Å². The van der Waals surface area contributed by atoms with Gasteiger partial charge in [0.25, 0.3) is 0 Å². The number of hydrogen-bond donors (Lipinski definition) is 0. The molecule has 0 N–H and O–H groups in total. The molecule has 0 aromatic heterocycles. The van der Waals surface area contributed by atoms with Gasteiger partial charge in [0.2, 0.25) is 0 Å². The van der Waals surface area contributed by atoms with E-state index in [9.17, 15) is 0 Å². The molecule has 0 aliphatic carbocycles. The van der Waals surface area contributed by atoms with Gasteiger partial charge in [-0.1, -0.05) is 466 Å². The number of rotatable bonds is 1. The van der Waals surface area contributed by atoms with Crippen LogP contribution in [0.1, 0.15) is 120 Å². The maximum absolute atomic E-state index is 2.16. The van der Waals surface area contributed by atoms with Crippen molar-refractivity contribution in [1.82, 2.24) is 0 Å². The van der Waals surface area contributed by atoms with Gasteiger partial charge in [0.05, 0.1) is 0 Å². The van der Waals surface area contributed by atoms with Crippen molar-refractivity contribution >= 4 is 0 Å². The molecule has 0 amide bonds. The molecule has 11 rings (SSSR count). The fourth-order valence-electron chi connectivity index (χ4n) is 5.56. The predicted octanol–water partition coefficient (Wildman–Crippen LogP) is 26.2. The fraction of sp³-hybridized carbons (Fsp3) is 0.224. The second-order valence-electron chi connectivity index (χ2n) is 18.3. The molecule has 0 nitrogen and oxygen atoms in total. The molecule has 0 heteroatoms. The molecule has 0 bridgehead atoms. The van der Waals surface area contributed by atoms with Crippen LogP contribution < -0.4 is 0 Å². The second-order valence-corrected chi connectivity index (χ2v) is 18.3. The highest BCUT2D eigenvalue weighted by molar-refractivity contribution is 5.20. The molecule has 11 aromatic carbocycles. The van der Waals surface area contributed by atoms with Crippen molar-refractivity contribution in [3.63, 3.8) is 0 Å². The minimum absolute atomic E-state index is 1.14. The Kier molecular flexibility index (Phi) is 69.7. The van der Waals surface area contributed by atoms with Crippen LogP contribution in [0.5, 0.6) is 0 Å². The van der Waals surface area contributed by atoms with E-state index in [0.29, 0.717) is 0 Å². The molecule has 0 unspecified atom stereocenters. The lowest BCUT2D eigenvalue weighted by atomic mass is 10.2. The van der Waals surface area contributed by atoms with Gasteiger partial charge < -0.3 is 0 Å². The van der Waals surface area contributed by atoms with E-state index in [-0.39, 0.29) is 0 Å². The minimum atomic E-state index is 1.14. The Labute approximate surface area is 523 Å². The van der Waals surface area contributed by atoms with Crippen LogP contribution in [0.2, 0.25) is 0 Å². The summed E-state index contributed by atoms with van der Waals surface area (Å²) < 4.78 is 0. The summed E-state index contributed by atoms with van der Waals surface area (Å²) in [5.74, 6) is 0. The first kappa shape index (κ1) is 82.9. The molecular weight excluding hydrogens is 1020 g/mol. The van der Waals surface area contributed by atoms with Gasteiger partial charge in [-0.05, 0) is 60.5 Å². The molecule has 0 saturated carbocycles. The summed E-state index contributed by atoms with van der Waals surface area (Å²) in [6.07, 6.45) is 3.64. The van der Waals surface area contributed by atoms with Crippen molar-refractivity contribution in [2.24, 2.45) is 0 Å². The lowest BCUT2D eigenvalue weighted by Crippen LogP contribution is -1.73. The lowest BCUT2D eigenvalue weighted by Gasteiger charge is -1.90. The molecule has 452 valence electrons. The van der Waals surface area contributed by atoms with Gasteiger partial charge in [-0.15, -0.1) is 0 Å². The zero-order chi connectivity index (χ0) is 63.8. The van der Waals surface area contributed by atoms with E-state index in [1.165, 1.54) is 57.3 Å². The highest BCUT2D eigenvalue weighted by Gasteiger charge is 1.81. The largest absolute Gasteiger partial charge is 0.0683 e. The standard InChI is InChI=1S/2C8H10.5C7H8.4C6H6.2C3H8.2C2H6/c1-7-3-5-8(2)6-4-7;1-2-8-6-4-3-5-7-8;5*1-7-5-3-2-4-6-7;4*1-2-4-6-5-3-1;2*1-3-2;2*1-2/h3-6H,1-2H3;3-7H,2H2,1H3;5*2-6H,1H3;4*1-6H;2*3H2,1-2H3;2*1-2H3. The topological polar surface area (TPSA) is 0 Å². The second kappa shape index (κ2) is 71.5. The Morgan fingerprint density at radius 3 is 0.329 bits per heavy atom. The Hall–Kier alpha value is -8.58. The summed E-state index contributed by atoms with van der Waals surface area (Å²) in [7, 11) is 0. The summed E-state index contributed by atoms with van der Waals surface area (Å²) in [6, 6.07) is 118. The summed E-state index contributed by atoms with van der Waals surface area (Å²) in [5, 5.41) is 0. The van der Waals surface area contributed by atoms with E-state index in [4.69, 9.17) is 0 Å². The van der Waals surface area contributed by atoms with Crippen LogP contribution in [-0.4, -0.2) is 0 Å². The van der Waals surface area contributed by atoms with Gasteiger partial charge in [0, 0.05) is 0 Å². The van der Waals surface area contributed by atoms with Crippen LogP contribution in [0.3, 0.4) is 0 Å². The van der Waals surface area contributed by atoms with Gasteiger partial charge in [0.1, 0.15) is 0 Å².